The van der Waals surface area contributed by atoms with Gasteiger partial charge in [-0.1, -0.05) is 6.92 Å². The lowest BCUT2D eigenvalue weighted by Crippen LogP contribution is -2.45. The molecule has 106 valence electrons. The summed E-state index contributed by atoms with van der Waals surface area (Å²) in [6.07, 6.45) is 6.22. The van der Waals surface area contributed by atoms with Gasteiger partial charge in [-0.05, 0) is 44.6 Å². The maximum Gasteiger partial charge on any atom is 0.127 e. The molecule has 0 bridgehead atoms. The fourth-order valence-corrected chi connectivity index (χ4v) is 2.73. The van der Waals surface area contributed by atoms with Crippen LogP contribution in [0, 0.1) is 5.92 Å². The number of pyridine rings is 1. The number of rotatable bonds is 5. The zero-order chi connectivity index (χ0) is 13.7. The van der Waals surface area contributed by atoms with E-state index in [1.165, 1.54) is 12.8 Å². The molecule has 1 aliphatic carbocycles. The highest BCUT2D eigenvalue weighted by Crippen LogP contribution is 2.34. The van der Waals surface area contributed by atoms with Crippen LogP contribution in [0.4, 0.5) is 11.5 Å². The minimum absolute atomic E-state index is 0.155. The van der Waals surface area contributed by atoms with E-state index in [4.69, 9.17) is 0 Å². The van der Waals surface area contributed by atoms with Crippen LogP contribution in [0.1, 0.15) is 39.5 Å². The van der Waals surface area contributed by atoms with Crippen LogP contribution in [0.15, 0.2) is 18.3 Å². The Hall–Kier alpha value is -1.29. The molecule has 0 aromatic carbocycles. The van der Waals surface area contributed by atoms with Crippen molar-refractivity contribution in [1.29, 1.82) is 0 Å². The van der Waals surface area contributed by atoms with Gasteiger partial charge in [0, 0.05) is 24.5 Å². The minimum Gasteiger partial charge on any atom is -0.394 e. The second kappa shape index (κ2) is 6.24. The second-order valence-electron chi connectivity index (χ2n) is 5.71. The van der Waals surface area contributed by atoms with Crippen molar-refractivity contribution in [3.8, 4) is 0 Å². The van der Waals surface area contributed by atoms with Crippen molar-refractivity contribution in [1.82, 2.24) is 4.98 Å². The summed E-state index contributed by atoms with van der Waals surface area (Å²) in [5, 5.41) is 16.5. The highest BCUT2D eigenvalue weighted by atomic mass is 16.3. The number of hydrogen-bond donors (Lipinski definition) is 3. The Morgan fingerprint density at radius 2 is 2.16 bits per heavy atom. The zero-order valence-electron chi connectivity index (χ0n) is 11.9. The third kappa shape index (κ3) is 3.60. The van der Waals surface area contributed by atoms with Gasteiger partial charge in [-0.15, -0.1) is 0 Å². The molecule has 4 heteroatoms. The molecule has 0 saturated heterocycles. The number of aromatic nitrogens is 1. The summed E-state index contributed by atoms with van der Waals surface area (Å²) >= 11 is 0. The van der Waals surface area contributed by atoms with Gasteiger partial charge < -0.3 is 15.7 Å². The van der Waals surface area contributed by atoms with Gasteiger partial charge in [-0.3, -0.25) is 0 Å². The van der Waals surface area contributed by atoms with Gasteiger partial charge in [0.25, 0.3) is 0 Å². The van der Waals surface area contributed by atoms with Gasteiger partial charge in [0.15, 0.2) is 0 Å². The van der Waals surface area contributed by atoms with E-state index in [9.17, 15) is 5.11 Å². The van der Waals surface area contributed by atoms with Crippen molar-refractivity contribution in [2.75, 3.05) is 23.8 Å². The zero-order valence-corrected chi connectivity index (χ0v) is 11.9. The molecule has 0 aliphatic heterocycles. The predicted molar refractivity (Wildman–Crippen MR) is 79.5 cm³/mol. The molecular weight excluding hydrogens is 238 g/mol. The average Bonchev–Trinajstić information content (AvgIpc) is 2.43. The van der Waals surface area contributed by atoms with Crippen LogP contribution < -0.4 is 10.6 Å². The van der Waals surface area contributed by atoms with Crippen molar-refractivity contribution < 1.29 is 5.11 Å². The standard InChI is InChI=1S/C15H25N3O/c1-3-16-14-10-13(6-9-17-14)18-15(11-19)7-4-12(2)5-8-15/h6,9-10,12,19H,3-5,7-8,11H2,1-2H3,(H2,16,17,18). The van der Waals surface area contributed by atoms with Crippen LogP contribution in [0.3, 0.4) is 0 Å². The van der Waals surface area contributed by atoms with Gasteiger partial charge in [0.2, 0.25) is 0 Å². The molecule has 1 aliphatic rings. The molecule has 1 saturated carbocycles. The Bertz CT molecular complexity index is 400. The molecule has 1 aromatic rings. The summed E-state index contributed by atoms with van der Waals surface area (Å²) in [6, 6.07) is 3.98. The van der Waals surface area contributed by atoms with Crippen LogP contribution in [-0.4, -0.2) is 28.8 Å². The lowest BCUT2D eigenvalue weighted by Gasteiger charge is -2.39. The molecule has 1 heterocycles. The van der Waals surface area contributed by atoms with E-state index in [-0.39, 0.29) is 12.1 Å². The smallest absolute Gasteiger partial charge is 0.127 e. The van der Waals surface area contributed by atoms with E-state index in [0.717, 1.165) is 36.8 Å². The van der Waals surface area contributed by atoms with E-state index in [0.29, 0.717) is 0 Å². The van der Waals surface area contributed by atoms with E-state index in [1.54, 1.807) is 6.20 Å². The molecule has 2 rings (SSSR count). The molecular formula is C15H25N3O. The van der Waals surface area contributed by atoms with Gasteiger partial charge in [0.1, 0.15) is 5.82 Å². The third-order valence-electron chi connectivity index (χ3n) is 4.06. The van der Waals surface area contributed by atoms with E-state index in [2.05, 4.69) is 29.5 Å². The SMILES string of the molecule is CCNc1cc(NC2(CO)CCC(C)CC2)ccn1. The second-order valence-corrected chi connectivity index (χ2v) is 5.71. The molecule has 0 amide bonds. The molecule has 19 heavy (non-hydrogen) atoms. The molecule has 1 fully saturated rings. The van der Waals surface area contributed by atoms with Crippen LogP contribution >= 0.6 is 0 Å². The molecule has 4 nitrogen and oxygen atoms in total. The Kier molecular flexibility index (Phi) is 4.64. The molecule has 3 N–H and O–H groups in total. The van der Waals surface area contributed by atoms with Gasteiger partial charge in [0.05, 0.1) is 12.1 Å². The first kappa shape index (κ1) is 14.1. The Balaban J connectivity index is 2.07. The summed E-state index contributed by atoms with van der Waals surface area (Å²) in [5.74, 6) is 1.65. The van der Waals surface area contributed by atoms with Crippen molar-refractivity contribution in [2.24, 2.45) is 5.92 Å². The summed E-state index contributed by atoms with van der Waals surface area (Å²) in [6.45, 7) is 5.40. The molecule has 1 aromatic heterocycles. The van der Waals surface area contributed by atoms with E-state index in [1.807, 2.05) is 12.1 Å². The van der Waals surface area contributed by atoms with Crippen LogP contribution in [-0.2, 0) is 0 Å². The molecule has 0 atom stereocenters. The van der Waals surface area contributed by atoms with Gasteiger partial charge in [-0.2, -0.15) is 0 Å². The first-order valence-electron chi connectivity index (χ1n) is 7.26. The normalized spacial score (nSPS) is 27.0. The maximum atomic E-state index is 9.77. The first-order chi connectivity index (χ1) is 9.17. The summed E-state index contributed by atoms with van der Waals surface area (Å²) in [4.78, 5) is 4.27. The summed E-state index contributed by atoms with van der Waals surface area (Å²) in [7, 11) is 0. The monoisotopic (exact) mass is 263 g/mol. The fourth-order valence-electron chi connectivity index (χ4n) is 2.73. The van der Waals surface area contributed by atoms with Gasteiger partial charge in [-0.25, -0.2) is 4.98 Å². The van der Waals surface area contributed by atoms with Crippen molar-refractivity contribution >= 4 is 11.5 Å². The molecule has 0 spiro atoms. The fraction of sp³-hybridized carbons (Fsp3) is 0.667. The van der Waals surface area contributed by atoms with Gasteiger partial charge >= 0.3 is 0 Å². The van der Waals surface area contributed by atoms with E-state index < -0.39 is 0 Å². The molecule has 0 radical (unpaired) electrons. The highest BCUT2D eigenvalue weighted by molar-refractivity contribution is 5.53. The summed E-state index contributed by atoms with van der Waals surface area (Å²) in [5.41, 5.74) is 0.881. The summed E-state index contributed by atoms with van der Waals surface area (Å²) < 4.78 is 0. The van der Waals surface area contributed by atoms with Crippen molar-refractivity contribution in [2.45, 2.75) is 45.1 Å². The predicted octanol–water partition coefficient (Wildman–Crippen LogP) is 2.87. The Labute approximate surface area is 115 Å². The Morgan fingerprint density at radius 1 is 1.42 bits per heavy atom. The van der Waals surface area contributed by atoms with Crippen LogP contribution in [0.5, 0.6) is 0 Å². The maximum absolute atomic E-state index is 9.77. The first-order valence-corrected chi connectivity index (χ1v) is 7.26. The van der Waals surface area contributed by atoms with E-state index >= 15 is 0 Å². The lowest BCUT2D eigenvalue weighted by atomic mass is 9.77. The average molecular weight is 263 g/mol. The quantitative estimate of drug-likeness (QED) is 0.764. The van der Waals surface area contributed by atoms with Crippen molar-refractivity contribution in [3.05, 3.63) is 18.3 Å². The van der Waals surface area contributed by atoms with Crippen LogP contribution in [0.25, 0.3) is 0 Å². The van der Waals surface area contributed by atoms with Crippen molar-refractivity contribution in [3.63, 3.8) is 0 Å². The Morgan fingerprint density at radius 3 is 2.79 bits per heavy atom. The lowest BCUT2D eigenvalue weighted by molar-refractivity contribution is 0.155. The third-order valence-corrected chi connectivity index (χ3v) is 4.06. The number of nitrogens with one attached hydrogen (secondary N) is 2. The number of aliphatic hydroxyl groups excluding tert-OH is 1. The minimum atomic E-state index is -0.155. The topological polar surface area (TPSA) is 57.2 Å². The van der Waals surface area contributed by atoms with Crippen LogP contribution in [0.2, 0.25) is 0 Å². The highest BCUT2D eigenvalue weighted by Gasteiger charge is 2.33. The largest absolute Gasteiger partial charge is 0.394 e. The number of anilines is 2. The number of nitrogens with zero attached hydrogens (tertiary/aromatic N) is 1. The number of aliphatic hydroxyl groups is 1. The number of hydrogen-bond acceptors (Lipinski definition) is 4. The molecule has 0 unspecified atom stereocenters.